The first-order chi connectivity index (χ1) is 12.6. The molecule has 0 radical (unpaired) electrons. The van der Waals surface area contributed by atoms with E-state index in [1.54, 1.807) is 34.1 Å². The summed E-state index contributed by atoms with van der Waals surface area (Å²) in [5, 5.41) is 4.09. The summed E-state index contributed by atoms with van der Waals surface area (Å²) < 4.78 is 13.1. The van der Waals surface area contributed by atoms with Crippen LogP contribution in [-0.2, 0) is 7.05 Å². The number of para-hydroxylation sites is 1. The Bertz CT molecular complexity index is 967. The lowest BCUT2D eigenvalue weighted by atomic mass is 10.1. The number of fused-ring (bicyclic) bond motifs is 1. The minimum atomic E-state index is -0.153. The van der Waals surface area contributed by atoms with Crippen molar-refractivity contribution in [2.24, 2.45) is 7.05 Å². The van der Waals surface area contributed by atoms with Crippen LogP contribution in [0.3, 0.4) is 0 Å². The molecule has 0 bridgehead atoms. The normalized spacial score (nSPS) is 13.1. The van der Waals surface area contributed by atoms with Crippen molar-refractivity contribution < 1.29 is 14.3 Å². The van der Waals surface area contributed by atoms with Gasteiger partial charge >= 0.3 is 0 Å². The van der Waals surface area contributed by atoms with E-state index in [0.29, 0.717) is 41.8 Å². The smallest absolute Gasteiger partial charge is 0.262 e. The number of nitrogens with zero attached hydrogens (tertiary/aromatic N) is 4. The fraction of sp³-hybridized carbons (Fsp3) is 0.211. The second kappa shape index (κ2) is 6.51. The van der Waals surface area contributed by atoms with Gasteiger partial charge in [0.25, 0.3) is 5.91 Å². The van der Waals surface area contributed by atoms with Crippen LogP contribution in [0, 0.1) is 6.92 Å². The zero-order valence-electron chi connectivity index (χ0n) is 14.5. The van der Waals surface area contributed by atoms with Gasteiger partial charge in [-0.1, -0.05) is 12.1 Å². The molecule has 0 unspecified atom stereocenters. The highest BCUT2D eigenvalue weighted by atomic mass is 16.5. The van der Waals surface area contributed by atoms with Gasteiger partial charge in [0.1, 0.15) is 18.0 Å². The highest BCUT2D eigenvalue weighted by molar-refractivity contribution is 6.08. The van der Waals surface area contributed by atoms with E-state index in [1.807, 2.05) is 38.2 Å². The molecule has 0 fully saturated rings. The van der Waals surface area contributed by atoms with E-state index in [9.17, 15) is 4.79 Å². The number of benzene rings is 1. The first kappa shape index (κ1) is 16.1. The number of anilines is 1. The van der Waals surface area contributed by atoms with Crippen molar-refractivity contribution in [1.82, 2.24) is 14.8 Å². The summed E-state index contributed by atoms with van der Waals surface area (Å²) in [6.07, 6.45) is 3.36. The molecule has 1 amide bonds. The van der Waals surface area contributed by atoms with Crippen molar-refractivity contribution in [2.45, 2.75) is 6.92 Å². The van der Waals surface area contributed by atoms with E-state index in [1.165, 1.54) is 0 Å². The van der Waals surface area contributed by atoms with Crippen molar-refractivity contribution in [3.63, 3.8) is 0 Å². The highest BCUT2D eigenvalue weighted by Gasteiger charge is 2.27. The van der Waals surface area contributed by atoms with Crippen LogP contribution in [0.1, 0.15) is 16.1 Å². The summed E-state index contributed by atoms with van der Waals surface area (Å²) in [7, 11) is 1.81. The monoisotopic (exact) mass is 350 g/mol. The number of hydrogen-bond donors (Lipinski definition) is 0. The van der Waals surface area contributed by atoms with Gasteiger partial charge in [0.05, 0.1) is 24.5 Å². The SMILES string of the molecule is Cc1ccc2c(n1)OCCN2C(=O)c1ccccc1Oc1cnn(C)c1. The maximum Gasteiger partial charge on any atom is 0.262 e. The number of hydrogen-bond acceptors (Lipinski definition) is 5. The van der Waals surface area contributed by atoms with Gasteiger partial charge in [0, 0.05) is 12.7 Å². The van der Waals surface area contributed by atoms with Crippen LogP contribution in [0.25, 0.3) is 0 Å². The molecule has 4 rings (SSSR count). The maximum absolute atomic E-state index is 13.2. The highest BCUT2D eigenvalue weighted by Crippen LogP contribution is 2.33. The van der Waals surface area contributed by atoms with Gasteiger partial charge in [-0.15, -0.1) is 0 Å². The number of carbonyl (C=O) groups is 1. The van der Waals surface area contributed by atoms with Crippen LogP contribution in [0.15, 0.2) is 48.8 Å². The van der Waals surface area contributed by atoms with Crippen molar-refractivity contribution in [3.05, 3.63) is 60.0 Å². The van der Waals surface area contributed by atoms with Gasteiger partial charge in [0.2, 0.25) is 5.88 Å². The topological polar surface area (TPSA) is 69.5 Å². The van der Waals surface area contributed by atoms with E-state index in [0.717, 1.165) is 5.69 Å². The molecule has 0 atom stereocenters. The van der Waals surface area contributed by atoms with Crippen LogP contribution in [-0.4, -0.2) is 33.8 Å². The van der Waals surface area contributed by atoms with Gasteiger partial charge in [-0.3, -0.25) is 14.4 Å². The Labute approximate surface area is 150 Å². The molecule has 3 aromatic rings. The zero-order valence-corrected chi connectivity index (χ0v) is 14.5. The number of aryl methyl sites for hydroxylation is 2. The number of ether oxygens (including phenoxy) is 2. The van der Waals surface area contributed by atoms with Gasteiger partial charge in [-0.05, 0) is 31.2 Å². The summed E-state index contributed by atoms with van der Waals surface area (Å²) in [5.41, 5.74) is 1.99. The van der Waals surface area contributed by atoms with Crippen LogP contribution in [0.2, 0.25) is 0 Å². The predicted molar refractivity (Wildman–Crippen MR) is 95.9 cm³/mol. The predicted octanol–water partition coefficient (Wildman–Crippen LogP) is 2.96. The lowest BCUT2D eigenvalue weighted by Gasteiger charge is -2.29. The maximum atomic E-state index is 13.2. The number of rotatable bonds is 3. The van der Waals surface area contributed by atoms with E-state index < -0.39 is 0 Å². The van der Waals surface area contributed by atoms with E-state index in [4.69, 9.17) is 9.47 Å². The first-order valence-electron chi connectivity index (χ1n) is 8.29. The molecule has 7 nitrogen and oxygen atoms in total. The molecule has 1 aromatic carbocycles. The van der Waals surface area contributed by atoms with E-state index in [2.05, 4.69) is 10.1 Å². The van der Waals surface area contributed by atoms with Crippen molar-refractivity contribution >= 4 is 11.6 Å². The Morgan fingerprint density at radius 2 is 2.08 bits per heavy atom. The van der Waals surface area contributed by atoms with Crippen molar-refractivity contribution in [1.29, 1.82) is 0 Å². The third-order valence-electron chi connectivity index (χ3n) is 4.10. The summed E-state index contributed by atoms with van der Waals surface area (Å²) >= 11 is 0. The molecule has 1 aliphatic rings. The molecule has 0 N–H and O–H groups in total. The number of amides is 1. The molecular formula is C19H18N4O3. The Morgan fingerprint density at radius 1 is 1.23 bits per heavy atom. The fourth-order valence-electron chi connectivity index (χ4n) is 2.86. The zero-order chi connectivity index (χ0) is 18.1. The molecule has 7 heteroatoms. The third kappa shape index (κ3) is 2.99. The lowest BCUT2D eigenvalue weighted by molar-refractivity contribution is 0.0973. The molecule has 2 aromatic heterocycles. The van der Waals surface area contributed by atoms with Gasteiger partial charge in [-0.2, -0.15) is 5.10 Å². The molecule has 132 valence electrons. The number of carbonyl (C=O) groups excluding carboxylic acids is 1. The quantitative estimate of drug-likeness (QED) is 0.726. The second-order valence-corrected chi connectivity index (χ2v) is 6.03. The minimum absolute atomic E-state index is 0.153. The molecule has 0 saturated heterocycles. The fourth-order valence-corrected chi connectivity index (χ4v) is 2.86. The lowest BCUT2D eigenvalue weighted by Crippen LogP contribution is -2.38. The first-order valence-corrected chi connectivity index (χ1v) is 8.29. The molecule has 0 saturated carbocycles. The van der Waals surface area contributed by atoms with Crippen LogP contribution in [0.5, 0.6) is 17.4 Å². The average Bonchev–Trinajstić information content (AvgIpc) is 3.05. The molecule has 0 spiro atoms. The Morgan fingerprint density at radius 3 is 2.88 bits per heavy atom. The Balaban J connectivity index is 1.68. The molecule has 1 aliphatic heterocycles. The van der Waals surface area contributed by atoms with Crippen LogP contribution < -0.4 is 14.4 Å². The van der Waals surface area contributed by atoms with Gasteiger partial charge < -0.3 is 9.47 Å². The number of pyridine rings is 1. The molecule has 26 heavy (non-hydrogen) atoms. The largest absolute Gasteiger partial charge is 0.474 e. The molecule has 3 heterocycles. The van der Waals surface area contributed by atoms with E-state index in [-0.39, 0.29) is 5.91 Å². The van der Waals surface area contributed by atoms with Crippen LogP contribution in [0.4, 0.5) is 5.69 Å². The summed E-state index contributed by atoms with van der Waals surface area (Å²) in [6.45, 7) is 2.75. The minimum Gasteiger partial charge on any atom is -0.474 e. The molecular weight excluding hydrogens is 332 g/mol. The Kier molecular flexibility index (Phi) is 4.04. The van der Waals surface area contributed by atoms with Gasteiger partial charge in [0.15, 0.2) is 5.75 Å². The second-order valence-electron chi connectivity index (χ2n) is 6.03. The third-order valence-corrected chi connectivity index (χ3v) is 4.10. The van der Waals surface area contributed by atoms with Crippen LogP contribution >= 0.6 is 0 Å². The Hall–Kier alpha value is -3.35. The van der Waals surface area contributed by atoms with Gasteiger partial charge in [-0.25, -0.2) is 4.98 Å². The standard InChI is InChI=1S/C19H18N4O3/c1-13-7-8-16-18(21-13)25-10-9-23(16)19(24)15-5-3-4-6-17(15)26-14-11-20-22(2)12-14/h3-8,11-12H,9-10H2,1-2H3. The summed E-state index contributed by atoms with van der Waals surface area (Å²) in [5.74, 6) is 1.39. The molecule has 0 aliphatic carbocycles. The summed E-state index contributed by atoms with van der Waals surface area (Å²) in [6, 6.07) is 10.9. The number of aromatic nitrogens is 3. The summed E-state index contributed by atoms with van der Waals surface area (Å²) in [4.78, 5) is 19.3. The van der Waals surface area contributed by atoms with Crippen molar-refractivity contribution in [2.75, 3.05) is 18.1 Å². The van der Waals surface area contributed by atoms with Crippen molar-refractivity contribution in [3.8, 4) is 17.4 Å². The van der Waals surface area contributed by atoms with E-state index >= 15 is 0 Å². The average molecular weight is 350 g/mol.